The first-order valence-electron chi connectivity index (χ1n) is 8.16. The van der Waals surface area contributed by atoms with Crippen LogP contribution in [0.5, 0.6) is 11.5 Å². The van der Waals surface area contributed by atoms with Crippen molar-refractivity contribution < 1.29 is 23.9 Å². The van der Waals surface area contributed by atoms with Crippen molar-refractivity contribution in [1.29, 1.82) is 0 Å². The van der Waals surface area contributed by atoms with Gasteiger partial charge in [-0.1, -0.05) is 12.1 Å². The smallest absolute Gasteiger partial charge is 0.325 e. The highest BCUT2D eigenvalue weighted by Gasteiger charge is 2.14. The Hall–Kier alpha value is -3.75. The summed E-state index contributed by atoms with van der Waals surface area (Å²) in [5.41, 5.74) is 6.39. The Morgan fingerprint density at radius 1 is 1.00 bits per heavy atom. The van der Waals surface area contributed by atoms with E-state index in [9.17, 15) is 14.4 Å². The zero-order chi connectivity index (χ0) is 19.2. The standard InChI is InChI=1S/C18H18N4O5/c19-17(24)12-3-1-2-4-13(12)20-10-16(23)22-18(25)21-11-5-6-14-15(9-11)27-8-7-26-14/h1-6,9,20H,7-8,10H2,(H2,19,24)(H2,21,22,23,25). The summed E-state index contributed by atoms with van der Waals surface area (Å²) < 4.78 is 10.8. The molecule has 1 aliphatic rings. The second-order valence-corrected chi connectivity index (χ2v) is 5.62. The number of para-hydroxylation sites is 1. The molecule has 0 saturated heterocycles. The number of hydrogen-bond donors (Lipinski definition) is 4. The van der Waals surface area contributed by atoms with Gasteiger partial charge in [0.05, 0.1) is 12.1 Å². The first kappa shape index (κ1) is 18.1. The topological polar surface area (TPSA) is 132 Å². The van der Waals surface area contributed by atoms with Crippen molar-refractivity contribution in [2.75, 3.05) is 30.4 Å². The number of carbonyl (C=O) groups excluding carboxylic acids is 3. The molecule has 27 heavy (non-hydrogen) atoms. The summed E-state index contributed by atoms with van der Waals surface area (Å²) in [6.07, 6.45) is 0. The average molecular weight is 370 g/mol. The highest BCUT2D eigenvalue weighted by Crippen LogP contribution is 2.32. The van der Waals surface area contributed by atoms with Crippen LogP contribution in [0.2, 0.25) is 0 Å². The molecule has 5 N–H and O–H groups in total. The molecule has 2 aromatic carbocycles. The lowest BCUT2D eigenvalue weighted by Crippen LogP contribution is -2.38. The molecule has 0 fully saturated rings. The van der Waals surface area contributed by atoms with Crippen LogP contribution < -0.4 is 31.2 Å². The van der Waals surface area contributed by atoms with Gasteiger partial charge in [0.1, 0.15) is 13.2 Å². The first-order chi connectivity index (χ1) is 13.0. The van der Waals surface area contributed by atoms with Crippen molar-refractivity contribution in [3.05, 3.63) is 48.0 Å². The molecule has 0 unspecified atom stereocenters. The number of fused-ring (bicyclic) bond motifs is 1. The number of amides is 4. The number of rotatable bonds is 5. The van der Waals surface area contributed by atoms with E-state index in [-0.39, 0.29) is 12.1 Å². The fourth-order valence-electron chi connectivity index (χ4n) is 2.48. The predicted octanol–water partition coefficient (Wildman–Crippen LogP) is 1.32. The molecule has 9 heteroatoms. The van der Waals surface area contributed by atoms with Gasteiger partial charge in [-0.15, -0.1) is 0 Å². The highest BCUT2D eigenvalue weighted by atomic mass is 16.6. The molecule has 0 aliphatic carbocycles. The van der Waals surface area contributed by atoms with Crippen molar-refractivity contribution in [2.24, 2.45) is 5.73 Å². The van der Waals surface area contributed by atoms with Crippen LogP contribution in [0.25, 0.3) is 0 Å². The Balaban J connectivity index is 1.52. The van der Waals surface area contributed by atoms with Crippen LogP contribution in [0.3, 0.4) is 0 Å². The van der Waals surface area contributed by atoms with Crippen LogP contribution in [0.1, 0.15) is 10.4 Å². The summed E-state index contributed by atoms with van der Waals surface area (Å²) in [6.45, 7) is 0.694. The molecule has 0 spiro atoms. The van der Waals surface area contributed by atoms with Gasteiger partial charge in [0.2, 0.25) is 5.91 Å². The number of hydrogen-bond acceptors (Lipinski definition) is 6. The zero-order valence-electron chi connectivity index (χ0n) is 14.3. The highest BCUT2D eigenvalue weighted by molar-refractivity contribution is 6.03. The number of ether oxygens (including phenoxy) is 2. The van der Waals surface area contributed by atoms with E-state index in [1.807, 2.05) is 0 Å². The number of anilines is 2. The Labute approximate surface area is 154 Å². The normalized spacial score (nSPS) is 12.0. The second-order valence-electron chi connectivity index (χ2n) is 5.62. The van der Waals surface area contributed by atoms with E-state index in [0.717, 1.165) is 0 Å². The summed E-state index contributed by atoms with van der Waals surface area (Å²) in [4.78, 5) is 35.2. The third kappa shape index (κ3) is 4.66. The molecule has 0 radical (unpaired) electrons. The molecule has 2 aromatic rings. The van der Waals surface area contributed by atoms with E-state index in [4.69, 9.17) is 15.2 Å². The van der Waals surface area contributed by atoms with Crippen molar-refractivity contribution in [3.8, 4) is 11.5 Å². The second kappa shape index (κ2) is 8.09. The molecule has 4 amide bonds. The van der Waals surface area contributed by atoms with Crippen molar-refractivity contribution in [1.82, 2.24) is 5.32 Å². The van der Waals surface area contributed by atoms with Gasteiger partial charge >= 0.3 is 6.03 Å². The van der Waals surface area contributed by atoms with Gasteiger partial charge < -0.3 is 25.8 Å². The van der Waals surface area contributed by atoms with Gasteiger partial charge in [-0.2, -0.15) is 0 Å². The molecule has 0 bridgehead atoms. The summed E-state index contributed by atoms with van der Waals surface area (Å²) in [7, 11) is 0. The van der Waals surface area contributed by atoms with Gasteiger partial charge in [0.15, 0.2) is 11.5 Å². The number of nitrogens with two attached hydrogens (primary N) is 1. The molecular weight excluding hydrogens is 352 g/mol. The fourth-order valence-corrected chi connectivity index (χ4v) is 2.48. The van der Waals surface area contributed by atoms with Crippen LogP contribution in [-0.2, 0) is 4.79 Å². The molecule has 0 aromatic heterocycles. The predicted molar refractivity (Wildman–Crippen MR) is 98.0 cm³/mol. The van der Waals surface area contributed by atoms with E-state index in [1.165, 1.54) is 6.07 Å². The fraction of sp³-hybridized carbons (Fsp3) is 0.167. The molecule has 0 atom stereocenters. The maximum absolute atomic E-state index is 12.0. The van der Waals surface area contributed by atoms with E-state index in [0.29, 0.717) is 36.1 Å². The molecule has 9 nitrogen and oxygen atoms in total. The lowest BCUT2D eigenvalue weighted by Gasteiger charge is -2.19. The van der Waals surface area contributed by atoms with Crippen LogP contribution in [0, 0.1) is 0 Å². The Bertz CT molecular complexity index is 884. The summed E-state index contributed by atoms with van der Waals surface area (Å²) >= 11 is 0. The maximum Gasteiger partial charge on any atom is 0.325 e. The van der Waals surface area contributed by atoms with Crippen LogP contribution >= 0.6 is 0 Å². The third-order valence-corrected chi connectivity index (χ3v) is 3.68. The Kier molecular flexibility index (Phi) is 5.41. The summed E-state index contributed by atoms with van der Waals surface area (Å²) in [5, 5.41) is 7.51. The molecule has 3 rings (SSSR count). The van der Waals surface area contributed by atoms with E-state index in [1.54, 1.807) is 36.4 Å². The quantitative estimate of drug-likeness (QED) is 0.628. The van der Waals surface area contributed by atoms with Gasteiger partial charge in [0.25, 0.3) is 5.91 Å². The number of nitrogens with one attached hydrogen (secondary N) is 3. The van der Waals surface area contributed by atoms with Gasteiger partial charge in [-0.05, 0) is 24.3 Å². The molecular formula is C18H18N4O5. The number of benzene rings is 2. The van der Waals surface area contributed by atoms with Crippen LogP contribution in [0.4, 0.5) is 16.2 Å². The lowest BCUT2D eigenvalue weighted by molar-refractivity contribution is -0.118. The first-order valence-corrected chi connectivity index (χ1v) is 8.16. The SMILES string of the molecule is NC(=O)c1ccccc1NCC(=O)NC(=O)Nc1ccc2c(c1)OCCO2. The third-order valence-electron chi connectivity index (χ3n) is 3.68. The Morgan fingerprint density at radius 2 is 1.74 bits per heavy atom. The largest absolute Gasteiger partial charge is 0.486 e. The molecule has 140 valence electrons. The summed E-state index contributed by atoms with van der Waals surface area (Å²) in [6, 6.07) is 10.7. The number of carbonyl (C=O) groups is 3. The van der Waals surface area contributed by atoms with Crippen molar-refractivity contribution in [2.45, 2.75) is 0 Å². The Morgan fingerprint density at radius 3 is 2.52 bits per heavy atom. The summed E-state index contributed by atoms with van der Waals surface area (Å²) in [5.74, 6) is -0.0742. The lowest BCUT2D eigenvalue weighted by atomic mass is 10.1. The molecule has 0 saturated carbocycles. The average Bonchev–Trinajstić information content (AvgIpc) is 2.66. The van der Waals surface area contributed by atoms with Crippen molar-refractivity contribution in [3.63, 3.8) is 0 Å². The van der Waals surface area contributed by atoms with E-state index >= 15 is 0 Å². The van der Waals surface area contributed by atoms with Gasteiger partial charge in [0, 0.05) is 17.4 Å². The van der Waals surface area contributed by atoms with Crippen molar-refractivity contribution >= 4 is 29.2 Å². The van der Waals surface area contributed by atoms with Crippen LogP contribution in [-0.4, -0.2) is 37.6 Å². The molecule has 1 heterocycles. The number of imide groups is 1. The van der Waals surface area contributed by atoms with E-state index in [2.05, 4.69) is 16.0 Å². The zero-order valence-corrected chi connectivity index (χ0v) is 14.3. The van der Waals surface area contributed by atoms with E-state index < -0.39 is 17.8 Å². The monoisotopic (exact) mass is 370 g/mol. The van der Waals surface area contributed by atoms with Gasteiger partial charge in [-0.3, -0.25) is 14.9 Å². The van der Waals surface area contributed by atoms with Crippen LogP contribution in [0.15, 0.2) is 42.5 Å². The van der Waals surface area contributed by atoms with Gasteiger partial charge in [-0.25, -0.2) is 4.79 Å². The minimum atomic E-state index is -0.693. The number of urea groups is 1. The number of primary amides is 1. The molecule has 1 aliphatic heterocycles. The minimum absolute atomic E-state index is 0.209. The maximum atomic E-state index is 12.0. The minimum Gasteiger partial charge on any atom is -0.486 e.